The monoisotopic (exact) mass is 231 g/mol. The van der Waals surface area contributed by atoms with Gasteiger partial charge in [0.15, 0.2) is 0 Å². The molecule has 0 aromatic carbocycles. The highest BCUT2D eigenvalue weighted by Crippen LogP contribution is 1.93. The van der Waals surface area contributed by atoms with Crippen LogP contribution in [-0.2, 0) is 9.84 Å². The molecule has 0 spiro atoms. The summed E-state index contributed by atoms with van der Waals surface area (Å²) in [5.74, 6) is -0.171. The molecule has 0 aliphatic rings. The van der Waals surface area contributed by atoms with E-state index in [1.807, 2.05) is 0 Å². The number of aromatic nitrogens is 2. The smallest absolute Gasteiger partial charge is 0.254 e. The zero-order valence-electron chi connectivity index (χ0n) is 8.36. The maximum absolute atomic E-state index is 11.3. The molecule has 7 heteroatoms. The van der Waals surface area contributed by atoms with Crippen LogP contribution in [0, 0.1) is 0 Å². The second-order valence-corrected chi connectivity index (χ2v) is 5.49. The van der Waals surface area contributed by atoms with Crippen LogP contribution in [0.25, 0.3) is 0 Å². The molecule has 84 valence electrons. The summed E-state index contributed by atoms with van der Waals surface area (Å²) < 4.78 is 21.6. The highest BCUT2D eigenvalue weighted by Gasteiger charge is 2.06. The van der Waals surface area contributed by atoms with Gasteiger partial charge in [-0.25, -0.2) is 8.42 Å². The maximum Gasteiger partial charge on any atom is 0.254 e. The molecule has 1 heterocycles. The highest BCUT2D eigenvalue weighted by atomic mass is 32.2. The Morgan fingerprint density at radius 2 is 2.33 bits per heavy atom. The fourth-order valence-corrected chi connectivity index (χ4v) is 1.68. The van der Waals surface area contributed by atoms with Crippen LogP contribution in [0.3, 0.4) is 0 Å². The van der Waals surface area contributed by atoms with Crippen molar-refractivity contribution in [3.05, 3.63) is 18.0 Å². The van der Waals surface area contributed by atoms with Gasteiger partial charge in [0.25, 0.3) is 5.91 Å². The van der Waals surface area contributed by atoms with E-state index in [1.165, 1.54) is 18.6 Å². The molecule has 0 bridgehead atoms. The molecule has 6 nitrogen and oxygen atoms in total. The number of hydrogen-bond acceptors (Lipinski definition) is 4. The molecule has 0 fully saturated rings. The minimum absolute atomic E-state index is 0.0820. The average molecular weight is 231 g/mol. The topological polar surface area (TPSA) is 91.9 Å². The number of rotatable bonds is 5. The van der Waals surface area contributed by atoms with Crippen molar-refractivity contribution >= 4 is 15.7 Å². The molecule has 0 unspecified atom stereocenters. The fourth-order valence-electron chi connectivity index (χ4n) is 1.01. The van der Waals surface area contributed by atoms with Crippen LogP contribution in [0.5, 0.6) is 0 Å². The molecule has 0 saturated carbocycles. The van der Waals surface area contributed by atoms with Gasteiger partial charge in [-0.2, -0.15) is 5.10 Å². The summed E-state index contributed by atoms with van der Waals surface area (Å²) in [4.78, 5) is 11.3. The zero-order chi connectivity index (χ0) is 11.3. The first-order valence-electron chi connectivity index (χ1n) is 4.44. The van der Waals surface area contributed by atoms with Gasteiger partial charge >= 0.3 is 0 Å². The van der Waals surface area contributed by atoms with E-state index in [-0.39, 0.29) is 11.7 Å². The van der Waals surface area contributed by atoms with Crippen LogP contribution in [0.4, 0.5) is 0 Å². The van der Waals surface area contributed by atoms with Gasteiger partial charge in [0, 0.05) is 19.0 Å². The molecular formula is C8H13N3O3S. The van der Waals surface area contributed by atoms with Gasteiger partial charge in [-0.1, -0.05) is 0 Å². The Bertz CT molecular complexity index is 410. The largest absolute Gasteiger partial charge is 0.352 e. The molecule has 1 aromatic heterocycles. The van der Waals surface area contributed by atoms with Gasteiger partial charge in [0.05, 0.1) is 17.5 Å². The number of amides is 1. The number of carbonyl (C=O) groups is 1. The van der Waals surface area contributed by atoms with Gasteiger partial charge in [-0.15, -0.1) is 0 Å². The number of sulfone groups is 1. The lowest BCUT2D eigenvalue weighted by Gasteiger charge is -2.02. The van der Waals surface area contributed by atoms with E-state index in [4.69, 9.17) is 0 Å². The average Bonchev–Trinajstić information content (AvgIpc) is 2.63. The van der Waals surface area contributed by atoms with Gasteiger partial charge in [-0.05, 0) is 6.42 Å². The maximum atomic E-state index is 11.3. The van der Waals surface area contributed by atoms with Crippen molar-refractivity contribution in [1.82, 2.24) is 15.5 Å². The van der Waals surface area contributed by atoms with Gasteiger partial charge in [-0.3, -0.25) is 9.89 Å². The third-order valence-electron chi connectivity index (χ3n) is 1.74. The number of nitrogens with one attached hydrogen (secondary N) is 2. The minimum atomic E-state index is -2.95. The van der Waals surface area contributed by atoms with E-state index in [1.54, 1.807) is 0 Å². The second kappa shape index (κ2) is 4.92. The first-order valence-corrected chi connectivity index (χ1v) is 6.50. The van der Waals surface area contributed by atoms with Crippen LogP contribution >= 0.6 is 0 Å². The fraction of sp³-hybridized carbons (Fsp3) is 0.500. The van der Waals surface area contributed by atoms with Crippen LogP contribution in [0.15, 0.2) is 12.4 Å². The molecular weight excluding hydrogens is 218 g/mol. The summed E-state index contributed by atoms with van der Waals surface area (Å²) in [6, 6.07) is 0. The lowest BCUT2D eigenvalue weighted by Crippen LogP contribution is -2.25. The summed E-state index contributed by atoms with van der Waals surface area (Å²) in [5.41, 5.74) is 0.439. The van der Waals surface area contributed by atoms with E-state index < -0.39 is 9.84 Å². The van der Waals surface area contributed by atoms with E-state index in [0.717, 1.165) is 0 Å². The summed E-state index contributed by atoms with van der Waals surface area (Å²) in [6.07, 6.45) is 4.48. The number of H-pyrrole nitrogens is 1. The third-order valence-corrected chi connectivity index (χ3v) is 2.77. The van der Waals surface area contributed by atoms with Crippen LogP contribution in [-0.4, -0.2) is 43.1 Å². The number of hydrogen-bond donors (Lipinski definition) is 2. The standard InChI is InChI=1S/C8H13N3O3S/c1-15(13,14)4-2-3-9-8(12)7-5-10-11-6-7/h5-6H,2-4H2,1H3,(H,9,12)(H,10,11). The van der Waals surface area contributed by atoms with Crippen molar-refractivity contribution in [2.45, 2.75) is 6.42 Å². The first kappa shape index (κ1) is 11.7. The molecule has 1 rings (SSSR count). The Labute approximate surface area is 88.0 Å². The van der Waals surface area contributed by atoms with Crippen molar-refractivity contribution in [2.75, 3.05) is 18.6 Å². The number of nitrogens with zero attached hydrogens (tertiary/aromatic N) is 1. The summed E-state index contributed by atoms with van der Waals surface area (Å²) >= 11 is 0. The molecule has 0 aliphatic heterocycles. The molecule has 0 atom stereocenters. The molecule has 0 radical (unpaired) electrons. The minimum Gasteiger partial charge on any atom is -0.352 e. The number of carbonyl (C=O) groups excluding carboxylic acids is 1. The van der Waals surface area contributed by atoms with Crippen molar-refractivity contribution in [3.63, 3.8) is 0 Å². The van der Waals surface area contributed by atoms with Crippen molar-refractivity contribution in [3.8, 4) is 0 Å². The van der Waals surface area contributed by atoms with Crippen molar-refractivity contribution in [2.24, 2.45) is 0 Å². The molecule has 1 amide bonds. The molecule has 15 heavy (non-hydrogen) atoms. The van der Waals surface area contributed by atoms with E-state index in [9.17, 15) is 13.2 Å². The lowest BCUT2D eigenvalue weighted by molar-refractivity contribution is 0.0953. The van der Waals surface area contributed by atoms with Crippen LogP contribution in [0.1, 0.15) is 16.8 Å². The van der Waals surface area contributed by atoms with Gasteiger partial charge in [0.2, 0.25) is 0 Å². The second-order valence-electron chi connectivity index (χ2n) is 3.23. The zero-order valence-corrected chi connectivity index (χ0v) is 9.17. The van der Waals surface area contributed by atoms with E-state index in [0.29, 0.717) is 18.5 Å². The van der Waals surface area contributed by atoms with Crippen molar-refractivity contribution in [1.29, 1.82) is 0 Å². The molecule has 0 saturated heterocycles. The Morgan fingerprint density at radius 3 is 2.87 bits per heavy atom. The van der Waals surface area contributed by atoms with E-state index >= 15 is 0 Å². The normalized spacial score (nSPS) is 11.3. The number of aromatic amines is 1. The van der Waals surface area contributed by atoms with Gasteiger partial charge in [0.1, 0.15) is 9.84 Å². The Hall–Kier alpha value is -1.37. The predicted octanol–water partition coefficient (Wildman–Crippen LogP) is -0.426. The predicted molar refractivity (Wildman–Crippen MR) is 55.2 cm³/mol. The molecule has 1 aromatic rings. The summed E-state index contributed by atoms with van der Waals surface area (Å²) in [7, 11) is -2.95. The Balaban J connectivity index is 2.24. The third kappa shape index (κ3) is 4.59. The lowest BCUT2D eigenvalue weighted by atomic mass is 10.3. The Kier molecular flexibility index (Phi) is 3.84. The van der Waals surface area contributed by atoms with Crippen molar-refractivity contribution < 1.29 is 13.2 Å². The highest BCUT2D eigenvalue weighted by molar-refractivity contribution is 7.90. The SMILES string of the molecule is CS(=O)(=O)CCCNC(=O)c1cn[nH]c1. The first-order chi connectivity index (χ1) is 6.99. The van der Waals surface area contributed by atoms with Crippen LogP contribution in [0.2, 0.25) is 0 Å². The molecule has 2 N–H and O–H groups in total. The molecule has 0 aliphatic carbocycles. The Morgan fingerprint density at radius 1 is 1.60 bits per heavy atom. The summed E-state index contributed by atoms with van der Waals surface area (Å²) in [5, 5.41) is 8.74. The van der Waals surface area contributed by atoms with Gasteiger partial charge < -0.3 is 5.32 Å². The van der Waals surface area contributed by atoms with Crippen LogP contribution < -0.4 is 5.32 Å². The summed E-state index contributed by atoms with van der Waals surface area (Å²) in [6.45, 7) is 0.344. The van der Waals surface area contributed by atoms with E-state index in [2.05, 4.69) is 15.5 Å². The quantitative estimate of drug-likeness (QED) is 0.673.